The number of rotatable bonds is 11. The van der Waals surface area contributed by atoms with Crippen LogP contribution in [0.2, 0.25) is 0 Å². The number of hydrogen-bond donors (Lipinski definition) is 0. The zero-order valence-electron chi connectivity index (χ0n) is 14.6. The van der Waals surface area contributed by atoms with E-state index in [4.69, 9.17) is 18.1 Å². The summed E-state index contributed by atoms with van der Waals surface area (Å²) < 4.78 is 48.0. The Balaban J connectivity index is 3.53. The van der Waals surface area contributed by atoms with E-state index < -0.39 is 15.2 Å². The van der Waals surface area contributed by atoms with E-state index in [1.54, 1.807) is 39.8 Å². The fourth-order valence-corrected chi connectivity index (χ4v) is 6.57. The molecule has 0 aliphatic heterocycles. The fourth-order valence-electron chi connectivity index (χ4n) is 2.03. The molecule has 0 aliphatic rings. The SMILES string of the molecule is CCOP(=O)(OCC)C(=Cc1ccccc1)P(=O)(OCC)OCC. The van der Waals surface area contributed by atoms with Crippen molar-refractivity contribution in [3.05, 3.63) is 41.0 Å². The van der Waals surface area contributed by atoms with Gasteiger partial charge < -0.3 is 18.1 Å². The Morgan fingerprint density at radius 3 is 1.50 bits per heavy atom. The highest BCUT2D eigenvalue weighted by molar-refractivity contribution is 7.79. The number of hydrogen-bond acceptors (Lipinski definition) is 6. The summed E-state index contributed by atoms with van der Waals surface area (Å²) in [6.45, 7) is 7.33. The van der Waals surface area contributed by atoms with Crippen molar-refractivity contribution in [1.29, 1.82) is 0 Å². The van der Waals surface area contributed by atoms with Crippen molar-refractivity contribution in [3.63, 3.8) is 0 Å². The maximum absolute atomic E-state index is 13.3. The average Bonchev–Trinajstić information content (AvgIpc) is 2.54. The Morgan fingerprint density at radius 1 is 0.792 bits per heavy atom. The lowest BCUT2D eigenvalue weighted by Gasteiger charge is -2.25. The predicted octanol–water partition coefficient (Wildman–Crippen LogP) is 5.52. The molecule has 0 heterocycles. The molecule has 0 bridgehead atoms. The molecule has 0 spiro atoms. The van der Waals surface area contributed by atoms with Crippen LogP contribution in [0.5, 0.6) is 0 Å². The fraction of sp³-hybridized carbons (Fsp3) is 0.500. The largest absolute Gasteiger partial charge is 0.369 e. The Hall–Kier alpha value is -0.740. The monoisotopic (exact) mass is 376 g/mol. The molecular weight excluding hydrogens is 350 g/mol. The molecule has 0 saturated carbocycles. The van der Waals surface area contributed by atoms with E-state index in [0.29, 0.717) is 5.56 Å². The van der Waals surface area contributed by atoms with Gasteiger partial charge in [0.2, 0.25) is 0 Å². The third-order valence-corrected chi connectivity index (χ3v) is 8.10. The first kappa shape index (κ1) is 21.3. The van der Waals surface area contributed by atoms with Gasteiger partial charge in [-0.15, -0.1) is 0 Å². The molecule has 8 heteroatoms. The van der Waals surface area contributed by atoms with Crippen molar-refractivity contribution in [2.45, 2.75) is 27.7 Å². The van der Waals surface area contributed by atoms with Crippen molar-refractivity contribution in [2.24, 2.45) is 0 Å². The van der Waals surface area contributed by atoms with E-state index in [1.165, 1.54) is 6.08 Å². The second kappa shape index (κ2) is 10.3. The van der Waals surface area contributed by atoms with E-state index in [2.05, 4.69) is 0 Å². The van der Waals surface area contributed by atoms with Crippen molar-refractivity contribution in [2.75, 3.05) is 26.4 Å². The molecule has 1 aromatic rings. The van der Waals surface area contributed by atoms with Crippen LogP contribution < -0.4 is 0 Å². The van der Waals surface area contributed by atoms with E-state index in [-0.39, 0.29) is 31.5 Å². The molecule has 0 atom stereocenters. The first-order valence-corrected chi connectivity index (χ1v) is 11.1. The lowest BCUT2D eigenvalue weighted by molar-refractivity contribution is 0.214. The molecule has 136 valence electrons. The molecule has 0 saturated heterocycles. The minimum absolute atomic E-state index is 0.0754. The van der Waals surface area contributed by atoms with Gasteiger partial charge in [-0.3, -0.25) is 9.13 Å². The van der Waals surface area contributed by atoms with Gasteiger partial charge in [0.15, 0.2) is 5.06 Å². The highest BCUT2D eigenvalue weighted by atomic mass is 31.2. The van der Waals surface area contributed by atoms with Crippen molar-refractivity contribution in [3.8, 4) is 0 Å². The molecule has 0 N–H and O–H groups in total. The van der Waals surface area contributed by atoms with Crippen LogP contribution in [0.25, 0.3) is 6.08 Å². The second-order valence-corrected chi connectivity index (χ2v) is 8.92. The van der Waals surface area contributed by atoms with Gasteiger partial charge in [-0.1, -0.05) is 30.3 Å². The molecule has 0 fully saturated rings. The Bertz CT molecular complexity index is 562. The molecule has 0 unspecified atom stereocenters. The van der Waals surface area contributed by atoms with Crippen LogP contribution in [0, 0.1) is 0 Å². The highest BCUT2D eigenvalue weighted by Crippen LogP contribution is 2.74. The van der Waals surface area contributed by atoms with Crippen molar-refractivity contribution < 1.29 is 27.2 Å². The summed E-state index contributed by atoms with van der Waals surface area (Å²) >= 11 is 0. The van der Waals surface area contributed by atoms with Gasteiger partial charge in [-0.25, -0.2) is 0 Å². The molecule has 1 aromatic carbocycles. The van der Waals surface area contributed by atoms with Crippen LogP contribution in [0.4, 0.5) is 0 Å². The van der Waals surface area contributed by atoms with Crippen LogP contribution in [0.15, 0.2) is 35.4 Å². The molecule has 6 nitrogen and oxygen atoms in total. The Kier molecular flexibility index (Phi) is 9.14. The van der Waals surface area contributed by atoms with Gasteiger partial charge in [-0.05, 0) is 39.3 Å². The molecule has 0 amide bonds. The van der Waals surface area contributed by atoms with E-state index >= 15 is 0 Å². The Labute approximate surface area is 144 Å². The van der Waals surface area contributed by atoms with Crippen LogP contribution in [0.3, 0.4) is 0 Å². The number of benzene rings is 1. The normalized spacial score (nSPS) is 12.2. The summed E-state index contributed by atoms with van der Waals surface area (Å²) in [6, 6.07) is 9.09. The average molecular weight is 376 g/mol. The summed E-state index contributed by atoms with van der Waals surface area (Å²) in [5, 5.41) is -0.0754. The molecule has 0 aliphatic carbocycles. The second-order valence-electron chi connectivity index (χ2n) is 4.58. The zero-order valence-corrected chi connectivity index (χ0v) is 16.4. The highest BCUT2D eigenvalue weighted by Gasteiger charge is 2.45. The Morgan fingerprint density at radius 2 is 1.17 bits per heavy atom. The summed E-state index contributed by atoms with van der Waals surface area (Å²) in [5.74, 6) is 0. The molecule has 24 heavy (non-hydrogen) atoms. The zero-order chi connectivity index (χ0) is 18.1. The van der Waals surface area contributed by atoms with Gasteiger partial charge >= 0.3 is 15.2 Å². The predicted molar refractivity (Wildman–Crippen MR) is 96.1 cm³/mol. The van der Waals surface area contributed by atoms with Crippen LogP contribution >= 0.6 is 15.2 Å². The van der Waals surface area contributed by atoms with Gasteiger partial charge in [0, 0.05) is 0 Å². The standard InChI is InChI=1S/C16H26O6P2/c1-5-19-23(17,20-6-2)16(14-15-12-10-9-11-13-15)24(18,21-7-3)22-8-4/h9-14H,5-8H2,1-4H3. The molecule has 0 aromatic heterocycles. The van der Waals surface area contributed by atoms with Crippen molar-refractivity contribution >= 4 is 21.3 Å². The van der Waals surface area contributed by atoms with Crippen LogP contribution in [-0.2, 0) is 27.2 Å². The maximum Gasteiger partial charge on any atom is 0.369 e. The quantitative estimate of drug-likeness (QED) is 0.474. The van der Waals surface area contributed by atoms with Gasteiger partial charge in [0.25, 0.3) is 0 Å². The maximum atomic E-state index is 13.3. The van der Waals surface area contributed by atoms with Crippen LogP contribution in [-0.4, -0.2) is 26.4 Å². The lowest BCUT2D eigenvalue weighted by atomic mass is 10.2. The smallest absolute Gasteiger partial charge is 0.305 e. The lowest BCUT2D eigenvalue weighted by Crippen LogP contribution is -2.04. The van der Waals surface area contributed by atoms with Crippen LogP contribution in [0.1, 0.15) is 33.3 Å². The third kappa shape index (κ3) is 5.66. The summed E-state index contributed by atoms with van der Waals surface area (Å²) in [5.41, 5.74) is 0.701. The summed E-state index contributed by atoms with van der Waals surface area (Å²) in [4.78, 5) is 0. The van der Waals surface area contributed by atoms with E-state index in [0.717, 1.165) is 0 Å². The minimum Gasteiger partial charge on any atom is -0.305 e. The van der Waals surface area contributed by atoms with Gasteiger partial charge in [0.05, 0.1) is 26.4 Å². The van der Waals surface area contributed by atoms with Gasteiger partial charge in [-0.2, -0.15) is 0 Å². The van der Waals surface area contributed by atoms with Crippen molar-refractivity contribution in [1.82, 2.24) is 0 Å². The first-order chi connectivity index (χ1) is 11.5. The molecule has 1 rings (SSSR count). The first-order valence-electron chi connectivity index (χ1n) is 8.01. The molecular formula is C16H26O6P2. The summed E-state index contributed by atoms with van der Waals surface area (Å²) in [7, 11) is -7.66. The summed E-state index contributed by atoms with van der Waals surface area (Å²) in [6.07, 6.45) is 1.51. The van der Waals surface area contributed by atoms with E-state index in [9.17, 15) is 9.13 Å². The van der Waals surface area contributed by atoms with E-state index in [1.807, 2.05) is 18.2 Å². The minimum atomic E-state index is -3.83. The van der Waals surface area contributed by atoms with Gasteiger partial charge in [0.1, 0.15) is 0 Å². The topological polar surface area (TPSA) is 71.1 Å². The molecule has 0 radical (unpaired) electrons. The third-order valence-electron chi connectivity index (χ3n) is 2.85.